The van der Waals surface area contributed by atoms with E-state index < -0.39 is 0 Å². The van der Waals surface area contributed by atoms with Gasteiger partial charge in [-0.05, 0) is 47.5 Å². The van der Waals surface area contributed by atoms with Gasteiger partial charge < -0.3 is 4.74 Å². The second kappa shape index (κ2) is 8.79. The topological polar surface area (TPSA) is 77.0 Å². The highest BCUT2D eigenvalue weighted by Crippen LogP contribution is 2.30. The van der Waals surface area contributed by atoms with Crippen LogP contribution in [0.5, 0.6) is 5.75 Å². The second-order valence-electron chi connectivity index (χ2n) is 5.23. The number of aromatic nitrogens is 3. The number of hydrogen-bond acceptors (Lipinski definition) is 7. The minimum absolute atomic E-state index is 0.299. The predicted octanol–water partition coefficient (Wildman–Crippen LogP) is 5.00. The first-order chi connectivity index (χ1) is 12.6. The molecule has 0 saturated heterocycles. The smallest absolute Gasteiger partial charge is 0.277 e. The Hall–Kier alpha value is -1.71. The van der Waals surface area contributed by atoms with Crippen LogP contribution in [0.4, 0.5) is 5.13 Å². The molecule has 0 radical (unpaired) electrons. The summed E-state index contributed by atoms with van der Waals surface area (Å²) in [5.41, 5.74) is 1.11. The van der Waals surface area contributed by atoms with Crippen LogP contribution in [0.1, 0.15) is 30.8 Å². The van der Waals surface area contributed by atoms with Crippen molar-refractivity contribution in [2.24, 2.45) is 0 Å². The number of nitrogens with zero attached hydrogens (tertiary/aromatic N) is 3. The molecular formula is C17H17BrN4O2S2. The Morgan fingerprint density at radius 1 is 1.35 bits per heavy atom. The average Bonchev–Trinajstić information content (AvgIpc) is 3.02. The molecule has 1 amide bonds. The first-order valence-corrected chi connectivity index (χ1v) is 10.7. The van der Waals surface area contributed by atoms with Crippen LogP contribution in [0.25, 0.3) is 10.2 Å². The first kappa shape index (κ1) is 19.1. The van der Waals surface area contributed by atoms with E-state index in [1.54, 1.807) is 6.20 Å². The van der Waals surface area contributed by atoms with E-state index in [4.69, 9.17) is 4.74 Å². The Bertz CT molecular complexity index is 932. The highest BCUT2D eigenvalue weighted by Gasteiger charge is 2.16. The maximum atomic E-state index is 12.6. The lowest BCUT2D eigenvalue weighted by atomic mass is 10.3. The molecule has 1 aromatic carbocycles. The summed E-state index contributed by atoms with van der Waals surface area (Å²) in [5, 5.41) is 3.93. The molecular weight excluding hydrogens is 436 g/mol. The Kier molecular flexibility index (Phi) is 6.44. The van der Waals surface area contributed by atoms with Crippen molar-refractivity contribution < 1.29 is 9.53 Å². The molecule has 0 aliphatic heterocycles. The van der Waals surface area contributed by atoms with E-state index >= 15 is 0 Å². The number of carbonyl (C=O) groups is 1. The zero-order valence-electron chi connectivity index (χ0n) is 14.3. The number of thioether (sulfide) groups is 1. The summed E-state index contributed by atoms with van der Waals surface area (Å²) < 4.78 is 7.00. The van der Waals surface area contributed by atoms with Gasteiger partial charge in [0.2, 0.25) is 0 Å². The Labute approximate surface area is 167 Å². The van der Waals surface area contributed by atoms with Crippen LogP contribution in [-0.4, -0.2) is 33.2 Å². The maximum Gasteiger partial charge on any atom is 0.277 e. The summed E-state index contributed by atoms with van der Waals surface area (Å²) in [7, 11) is 0. The normalized spacial score (nSPS) is 10.9. The number of benzene rings is 1. The maximum absolute atomic E-state index is 12.6. The molecule has 0 unspecified atom stereocenters. The number of nitrogens with one attached hydrogen (secondary N) is 1. The summed E-state index contributed by atoms with van der Waals surface area (Å²) in [4.78, 5) is 25.6. The standard InChI is InChI=1S/C17H17BrN4O2S2/c1-3-7-25-16-19-9-11(18)14(21-16)15(23)22-17-20-12-6-5-10(24-4-2)8-13(12)26-17/h5-6,8-9H,3-4,7H2,1-2H3,(H,20,22,23). The SMILES string of the molecule is CCCSc1ncc(Br)c(C(=O)Nc2nc3ccc(OCC)cc3s2)n1. The van der Waals surface area contributed by atoms with Crippen LogP contribution in [0.15, 0.2) is 34.0 Å². The van der Waals surface area contributed by atoms with Gasteiger partial charge in [0.25, 0.3) is 5.91 Å². The van der Waals surface area contributed by atoms with Gasteiger partial charge in [-0.1, -0.05) is 30.0 Å². The van der Waals surface area contributed by atoms with Gasteiger partial charge in [-0.25, -0.2) is 15.0 Å². The van der Waals surface area contributed by atoms with Crippen molar-refractivity contribution in [1.82, 2.24) is 15.0 Å². The number of amides is 1. The van der Waals surface area contributed by atoms with Gasteiger partial charge in [0.15, 0.2) is 10.3 Å². The highest BCUT2D eigenvalue weighted by atomic mass is 79.9. The van der Waals surface area contributed by atoms with E-state index in [-0.39, 0.29) is 5.91 Å². The van der Waals surface area contributed by atoms with Crippen molar-refractivity contribution in [2.45, 2.75) is 25.4 Å². The number of anilines is 1. The molecule has 1 N–H and O–H groups in total. The highest BCUT2D eigenvalue weighted by molar-refractivity contribution is 9.10. The fourth-order valence-electron chi connectivity index (χ4n) is 2.14. The van der Waals surface area contributed by atoms with Crippen LogP contribution in [0, 0.1) is 0 Å². The number of thiazole rings is 1. The van der Waals surface area contributed by atoms with Crippen LogP contribution in [-0.2, 0) is 0 Å². The molecule has 0 bridgehead atoms. The fourth-order valence-corrected chi connectivity index (χ4v) is 4.07. The summed E-state index contributed by atoms with van der Waals surface area (Å²) in [5.74, 6) is 1.38. The van der Waals surface area contributed by atoms with E-state index in [0.717, 1.165) is 28.1 Å². The van der Waals surface area contributed by atoms with Gasteiger partial charge in [0.05, 0.1) is 21.3 Å². The van der Waals surface area contributed by atoms with Gasteiger partial charge in [-0.2, -0.15) is 0 Å². The second-order valence-corrected chi connectivity index (χ2v) is 8.18. The Morgan fingerprint density at radius 3 is 2.96 bits per heavy atom. The van der Waals surface area contributed by atoms with Gasteiger partial charge in [-0.15, -0.1) is 0 Å². The summed E-state index contributed by atoms with van der Waals surface area (Å²) in [6.45, 7) is 4.63. The third kappa shape index (κ3) is 4.52. The minimum atomic E-state index is -0.318. The molecule has 136 valence electrons. The van der Waals surface area contributed by atoms with Crippen molar-refractivity contribution in [3.05, 3.63) is 34.6 Å². The average molecular weight is 453 g/mol. The number of rotatable bonds is 7. The van der Waals surface area contributed by atoms with E-state index in [2.05, 4.69) is 43.1 Å². The van der Waals surface area contributed by atoms with Crippen LogP contribution < -0.4 is 10.1 Å². The monoisotopic (exact) mass is 452 g/mol. The zero-order valence-corrected chi connectivity index (χ0v) is 17.5. The largest absolute Gasteiger partial charge is 0.494 e. The van der Waals surface area contributed by atoms with Crippen molar-refractivity contribution in [3.63, 3.8) is 0 Å². The Morgan fingerprint density at radius 2 is 2.19 bits per heavy atom. The first-order valence-electron chi connectivity index (χ1n) is 8.10. The van der Waals surface area contributed by atoms with Crippen LogP contribution in [0.3, 0.4) is 0 Å². The molecule has 0 atom stereocenters. The van der Waals surface area contributed by atoms with E-state index in [1.807, 2.05) is 25.1 Å². The molecule has 0 spiro atoms. The lowest BCUT2D eigenvalue weighted by molar-refractivity contribution is 0.102. The van der Waals surface area contributed by atoms with Crippen molar-refractivity contribution in [3.8, 4) is 5.75 Å². The molecule has 0 fully saturated rings. The summed E-state index contributed by atoms with van der Waals surface area (Å²) in [6.07, 6.45) is 2.62. The molecule has 2 heterocycles. The van der Waals surface area contributed by atoms with E-state index in [1.165, 1.54) is 23.1 Å². The quantitative estimate of drug-likeness (QED) is 0.401. The lowest BCUT2D eigenvalue weighted by Crippen LogP contribution is -2.15. The molecule has 6 nitrogen and oxygen atoms in total. The summed E-state index contributed by atoms with van der Waals surface area (Å²) in [6, 6.07) is 5.67. The van der Waals surface area contributed by atoms with Gasteiger partial charge in [0.1, 0.15) is 11.4 Å². The van der Waals surface area contributed by atoms with Gasteiger partial charge in [0, 0.05) is 11.9 Å². The third-order valence-electron chi connectivity index (χ3n) is 3.26. The number of carbonyl (C=O) groups excluding carboxylic acids is 1. The van der Waals surface area contributed by atoms with Crippen molar-refractivity contribution in [1.29, 1.82) is 0 Å². The predicted molar refractivity (Wildman–Crippen MR) is 109 cm³/mol. The summed E-state index contributed by atoms with van der Waals surface area (Å²) >= 11 is 6.27. The van der Waals surface area contributed by atoms with Crippen LogP contribution in [0.2, 0.25) is 0 Å². The van der Waals surface area contributed by atoms with E-state index in [9.17, 15) is 4.79 Å². The fraction of sp³-hybridized carbons (Fsp3) is 0.294. The third-order valence-corrected chi connectivity index (χ3v) is 5.84. The number of halogens is 1. The number of ether oxygens (including phenoxy) is 1. The minimum Gasteiger partial charge on any atom is -0.494 e. The van der Waals surface area contributed by atoms with Gasteiger partial charge in [-0.3, -0.25) is 10.1 Å². The molecule has 3 rings (SSSR count). The number of hydrogen-bond donors (Lipinski definition) is 1. The lowest BCUT2D eigenvalue weighted by Gasteiger charge is -2.05. The number of fused-ring (bicyclic) bond motifs is 1. The molecule has 26 heavy (non-hydrogen) atoms. The zero-order chi connectivity index (χ0) is 18.5. The van der Waals surface area contributed by atoms with Crippen molar-refractivity contribution >= 4 is 60.3 Å². The van der Waals surface area contributed by atoms with E-state index in [0.29, 0.717) is 27.1 Å². The van der Waals surface area contributed by atoms with Gasteiger partial charge >= 0.3 is 0 Å². The molecule has 2 aromatic heterocycles. The Balaban J connectivity index is 1.80. The molecule has 3 aromatic rings. The van der Waals surface area contributed by atoms with Crippen molar-refractivity contribution in [2.75, 3.05) is 17.7 Å². The molecule has 0 aliphatic rings. The molecule has 0 saturated carbocycles. The molecule has 9 heteroatoms. The molecule has 0 aliphatic carbocycles. The van der Waals surface area contributed by atoms with Crippen LogP contribution >= 0.6 is 39.0 Å².